The molecule has 0 heterocycles. The number of benzene rings is 2. The highest BCUT2D eigenvalue weighted by molar-refractivity contribution is 5.87. The molecule has 0 saturated carbocycles. The highest BCUT2D eigenvalue weighted by Crippen LogP contribution is 2.32. The van der Waals surface area contributed by atoms with E-state index in [9.17, 15) is 9.18 Å². The van der Waals surface area contributed by atoms with E-state index >= 15 is 0 Å². The number of hydrogen-bond acceptors (Lipinski definition) is 4. The van der Waals surface area contributed by atoms with Gasteiger partial charge in [0.05, 0.1) is 19.8 Å². The van der Waals surface area contributed by atoms with E-state index in [1.165, 1.54) is 26.4 Å². The maximum absolute atomic E-state index is 14.2. The molecule has 0 aromatic heterocycles. The van der Waals surface area contributed by atoms with Crippen LogP contribution in [0.4, 0.5) is 4.39 Å². The van der Waals surface area contributed by atoms with Gasteiger partial charge in [0.1, 0.15) is 5.82 Å². The highest BCUT2D eigenvalue weighted by atomic mass is 19.1. The first-order chi connectivity index (χ1) is 11.5. The fraction of sp³-hybridized carbons (Fsp3) is 0.278. The van der Waals surface area contributed by atoms with Crippen molar-refractivity contribution in [2.24, 2.45) is 0 Å². The van der Waals surface area contributed by atoms with E-state index in [0.29, 0.717) is 23.6 Å². The van der Waals surface area contributed by atoms with Gasteiger partial charge in [0, 0.05) is 24.2 Å². The predicted octanol–water partition coefficient (Wildman–Crippen LogP) is 3.39. The SMILES string of the molecule is COc1cc(F)c(C(C)NCc2cccc(C(=O)O)c2)cc1OC. The summed E-state index contributed by atoms with van der Waals surface area (Å²) in [5.74, 6) is -0.585. The number of ether oxygens (including phenoxy) is 2. The standard InChI is InChI=1S/C18H20FNO4/c1-11(14-8-16(23-2)17(24-3)9-15(14)19)20-10-12-5-4-6-13(7-12)18(21)22/h4-9,11,20H,10H2,1-3H3,(H,21,22). The second-order valence-corrected chi connectivity index (χ2v) is 5.34. The first-order valence-corrected chi connectivity index (χ1v) is 7.43. The number of rotatable bonds is 7. The number of carboxylic acid groups (broad SMARTS) is 1. The Kier molecular flexibility index (Phi) is 5.76. The first-order valence-electron chi connectivity index (χ1n) is 7.43. The maximum atomic E-state index is 14.2. The van der Waals surface area contributed by atoms with E-state index in [-0.39, 0.29) is 11.6 Å². The van der Waals surface area contributed by atoms with Gasteiger partial charge in [0.25, 0.3) is 0 Å². The van der Waals surface area contributed by atoms with Crippen molar-refractivity contribution in [1.82, 2.24) is 5.32 Å². The Morgan fingerprint density at radius 2 is 1.88 bits per heavy atom. The molecule has 128 valence electrons. The Labute approximate surface area is 140 Å². The Hall–Kier alpha value is -2.60. The van der Waals surface area contributed by atoms with Gasteiger partial charge in [-0.05, 0) is 30.7 Å². The van der Waals surface area contributed by atoms with Gasteiger partial charge in [-0.15, -0.1) is 0 Å². The summed E-state index contributed by atoms with van der Waals surface area (Å²) < 4.78 is 24.5. The Morgan fingerprint density at radius 3 is 2.50 bits per heavy atom. The maximum Gasteiger partial charge on any atom is 0.335 e. The Morgan fingerprint density at radius 1 is 1.21 bits per heavy atom. The van der Waals surface area contributed by atoms with Crippen LogP contribution in [-0.2, 0) is 6.54 Å². The van der Waals surface area contributed by atoms with Crippen LogP contribution in [0.1, 0.15) is 34.5 Å². The van der Waals surface area contributed by atoms with Crippen molar-refractivity contribution >= 4 is 5.97 Å². The average Bonchev–Trinajstić information content (AvgIpc) is 2.59. The molecule has 24 heavy (non-hydrogen) atoms. The van der Waals surface area contributed by atoms with Crippen LogP contribution in [0.5, 0.6) is 11.5 Å². The smallest absolute Gasteiger partial charge is 0.335 e. The molecule has 2 N–H and O–H groups in total. The second kappa shape index (κ2) is 7.79. The van der Waals surface area contributed by atoms with Crippen molar-refractivity contribution in [3.63, 3.8) is 0 Å². The lowest BCUT2D eigenvalue weighted by atomic mass is 10.1. The average molecular weight is 333 g/mol. The number of carboxylic acids is 1. The fourth-order valence-corrected chi connectivity index (χ4v) is 2.40. The number of halogens is 1. The van der Waals surface area contributed by atoms with Crippen LogP contribution in [0.3, 0.4) is 0 Å². The van der Waals surface area contributed by atoms with E-state index < -0.39 is 11.8 Å². The van der Waals surface area contributed by atoms with Crippen LogP contribution in [0.15, 0.2) is 36.4 Å². The number of carbonyl (C=O) groups is 1. The predicted molar refractivity (Wildman–Crippen MR) is 88.2 cm³/mol. The molecule has 5 nitrogen and oxygen atoms in total. The molecule has 0 aliphatic heterocycles. The van der Waals surface area contributed by atoms with E-state index in [4.69, 9.17) is 14.6 Å². The van der Waals surface area contributed by atoms with Gasteiger partial charge in [-0.2, -0.15) is 0 Å². The number of nitrogens with one attached hydrogen (secondary N) is 1. The van der Waals surface area contributed by atoms with Crippen molar-refractivity contribution in [2.45, 2.75) is 19.5 Å². The second-order valence-electron chi connectivity index (χ2n) is 5.34. The minimum atomic E-state index is -0.976. The Balaban J connectivity index is 2.14. The molecule has 0 bridgehead atoms. The molecule has 6 heteroatoms. The minimum absolute atomic E-state index is 0.222. The van der Waals surface area contributed by atoms with Gasteiger partial charge in [-0.1, -0.05) is 12.1 Å². The van der Waals surface area contributed by atoms with Gasteiger partial charge >= 0.3 is 5.97 Å². The van der Waals surface area contributed by atoms with Crippen LogP contribution in [0.2, 0.25) is 0 Å². The van der Waals surface area contributed by atoms with Crippen molar-refractivity contribution in [1.29, 1.82) is 0 Å². The van der Waals surface area contributed by atoms with Crippen LogP contribution < -0.4 is 14.8 Å². The van der Waals surface area contributed by atoms with Gasteiger partial charge < -0.3 is 19.9 Å². The summed E-state index contributed by atoms with van der Waals surface area (Å²) in [6.07, 6.45) is 0. The quantitative estimate of drug-likeness (QED) is 0.813. The summed E-state index contributed by atoms with van der Waals surface area (Å²) in [5.41, 5.74) is 1.48. The summed E-state index contributed by atoms with van der Waals surface area (Å²) in [4.78, 5) is 11.0. The third kappa shape index (κ3) is 4.02. The minimum Gasteiger partial charge on any atom is -0.493 e. The summed E-state index contributed by atoms with van der Waals surface area (Å²) in [6.45, 7) is 2.24. The molecule has 0 aliphatic rings. The van der Waals surface area contributed by atoms with Crippen LogP contribution in [0.25, 0.3) is 0 Å². The molecule has 0 aliphatic carbocycles. The zero-order valence-corrected chi connectivity index (χ0v) is 13.8. The summed E-state index contributed by atoms with van der Waals surface area (Å²) in [6, 6.07) is 9.21. The Bertz CT molecular complexity index is 733. The van der Waals surface area contributed by atoms with Gasteiger partial charge in [0.15, 0.2) is 11.5 Å². The van der Waals surface area contributed by atoms with Gasteiger partial charge in [-0.25, -0.2) is 9.18 Å². The van der Waals surface area contributed by atoms with Crippen molar-refractivity contribution in [2.75, 3.05) is 14.2 Å². The van der Waals surface area contributed by atoms with Crippen molar-refractivity contribution < 1.29 is 23.8 Å². The molecular weight excluding hydrogens is 313 g/mol. The highest BCUT2D eigenvalue weighted by Gasteiger charge is 2.16. The molecule has 0 radical (unpaired) electrons. The molecule has 0 spiro atoms. The third-order valence-corrected chi connectivity index (χ3v) is 3.76. The van der Waals surface area contributed by atoms with E-state index in [1.54, 1.807) is 18.2 Å². The zero-order chi connectivity index (χ0) is 17.7. The number of hydrogen-bond donors (Lipinski definition) is 2. The van der Waals surface area contributed by atoms with E-state index in [1.807, 2.05) is 13.0 Å². The molecule has 0 saturated heterocycles. The van der Waals surface area contributed by atoms with Crippen LogP contribution >= 0.6 is 0 Å². The summed E-state index contributed by atoms with van der Waals surface area (Å²) in [7, 11) is 2.95. The molecule has 0 fully saturated rings. The molecular formula is C18H20FNO4. The molecule has 2 aromatic rings. The van der Waals surface area contributed by atoms with Crippen LogP contribution in [0, 0.1) is 5.82 Å². The monoisotopic (exact) mass is 333 g/mol. The van der Waals surface area contributed by atoms with Crippen LogP contribution in [-0.4, -0.2) is 25.3 Å². The molecule has 0 amide bonds. The molecule has 1 atom stereocenters. The van der Waals surface area contributed by atoms with E-state index in [0.717, 1.165) is 5.56 Å². The molecule has 1 unspecified atom stereocenters. The molecule has 2 rings (SSSR count). The molecule has 2 aromatic carbocycles. The summed E-state index contributed by atoms with van der Waals surface area (Å²) in [5, 5.41) is 12.2. The van der Waals surface area contributed by atoms with Crippen molar-refractivity contribution in [3.05, 3.63) is 58.9 Å². The fourth-order valence-electron chi connectivity index (χ4n) is 2.40. The lowest BCUT2D eigenvalue weighted by molar-refractivity contribution is 0.0696. The number of methoxy groups -OCH3 is 2. The summed E-state index contributed by atoms with van der Waals surface area (Å²) >= 11 is 0. The van der Waals surface area contributed by atoms with Crippen molar-refractivity contribution in [3.8, 4) is 11.5 Å². The topological polar surface area (TPSA) is 67.8 Å². The number of aromatic carboxylic acids is 1. The normalized spacial score (nSPS) is 11.8. The largest absolute Gasteiger partial charge is 0.493 e. The lowest BCUT2D eigenvalue weighted by Crippen LogP contribution is -2.19. The van der Waals surface area contributed by atoms with E-state index in [2.05, 4.69) is 5.32 Å². The third-order valence-electron chi connectivity index (χ3n) is 3.76. The van der Waals surface area contributed by atoms with Gasteiger partial charge in [-0.3, -0.25) is 0 Å². The lowest BCUT2D eigenvalue weighted by Gasteiger charge is -2.17. The van der Waals surface area contributed by atoms with Gasteiger partial charge in [0.2, 0.25) is 0 Å². The first kappa shape index (κ1) is 17.7. The zero-order valence-electron chi connectivity index (χ0n) is 13.8.